The molecule has 39 heavy (non-hydrogen) atoms. The molecule has 3 heterocycles. The number of carbonyl (C=O) groups excluding carboxylic acids is 2. The summed E-state index contributed by atoms with van der Waals surface area (Å²) in [6.07, 6.45) is 0.169. The summed E-state index contributed by atoms with van der Waals surface area (Å²) < 4.78 is 18.4. The van der Waals surface area contributed by atoms with Crippen molar-refractivity contribution < 1.29 is 23.6 Å². The zero-order chi connectivity index (χ0) is 28.5. The molecule has 0 radical (unpaired) electrons. The molecule has 2 amide bonds. The van der Waals surface area contributed by atoms with E-state index in [0.717, 1.165) is 22.4 Å². The summed E-state index contributed by atoms with van der Waals surface area (Å²) in [6, 6.07) is 15.5. The molecule has 2 fully saturated rings. The molecule has 2 atom stereocenters. The lowest BCUT2D eigenvalue weighted by atomic mass is 9.71. The van der Waals surface area contributed by atoms with Crippen LogP contribution in [-0.2, 0) is 24.3 Å². The zero-order valence-corrected chi connectivity index (χ0v) is 24.7. The first-order valence-electron chi connectivity index (χ1n) is 14.0. The number of fused-ring (bicyclic) bond motifs is 2. The molecule has 5 rings (SSSR count). The number of hydrogen-bond acceptors (Lipinski definition) is 5. The second kappa shape index (κ2) is 9.10. The maximum absolute atomic E-state index is 14.7. The van der Waals surface area contributed by atoms with Crippen LogP contribution in [0.15, 0.2) is 48.5 Å². The Labute approximate surface area is 232 Å². The van der Waals surface area contributed by atoms with Gasteiger partial charge >= 0.3 is 13.2 Å². The summed E-state index contributed by atoms with van der Waals surface area (Å²) in [5.74, 6) is 0.0209. The van der Waals surface area contributed by atoms with Crippen molar-refractivity contribution in [2.24, 2.45) is 5.92 Å². The van der Waals surface area contributed by atoms with E-state index in [4.69, 9.17) is 14.0 Å². The number of benzene rings is 2. The number of amides is 2. The van der Waals surface area contributed by atoms with Crippen LogP contribution in [0.25, 0.3) is 0 Å². The summed E-state index contributed by atoms with van der Waals surface area (Å²) in [7, 11) is -0.533. The van der Waals surface area contributed by atoms with Gasteiger partial charge in [-0.25, -0.2) is 4.79 Å². The average Bonchev–Trinajstić information content (AvgIpc) is 3.42. The molecule has 7 nitrogen and oxygen atoms in total. The molecule has 2 saturated heterocycles. The van der Waals surface area contributed by atoms with Crippen LogP contribution in [0, 0.1) is 5.92 Å². The van der Waals surface area contributed by atoms with Crippen molar-refractivity contribution in [3.8, 4) is 0 Å². The molecule has 2 aromatic carbocycles. The van der Waals surface area contributed by atoms with E-state index >= 15 is 0 Å². The first-order chi connectivity index (χ1) is 18.1. The molecule has 3 aliphatic rings. The van der Waals surface area contributed by atoms with Gasteiger partial charge < -0.3 is 18.9 Å². The molecule has 8 heteroatoms. The number of likely N-dealkylation sites (tertiary alicyclic amines) is 1. The highest BCUT2D eigenvalue weighted by Gasteiger charge is 2.62. The molecule has 1 spiro atoms. The highest BCUT2D eigenvalue weighted by Crippen LogP contribution is 2.54. The Morgan fingerprint density at radius 3 is 2.28 bits per heavy atom. The van der Waals surface area contributed by atoms with Gasteiger partial charge in [0.2, 0.25) is 5.91 Å². The van der Waals surface area contributed by atoms with Crippen molar-refractivity contribution in [3.05, 3.63) is 54.1 Å². The van der Waals surface area contributed by atoms with E-state index in [9.17, 15) is 9.59 Å². The number of anilines is 2. The van der Waals surface area contributed by atoms with E-state index in [1.165, 1.54) is 0 Å². The fourth-order valence-electron chi connectivity index (χ4n) is 6.35. The third kappa shape index (κ3) is 4.36. The van der Waals surface area contributed by atoms with Gasteiger partial charge in [0.15, 0.2) is 0 Å². The van der Waals surface area contributed by atoms with Crippen LogP contribution in [0.1, 0.15) is 74.3 Å². The second-order valence-electron chi connectivity index (χ2n) is 13.4. The Balaban J connectivity index is 1.56. The predicted octanol–water partition coefficient (Wildman–Crippen LogP) is 5.57. The summed E-state index contributed by atoms with van der Waals surface area (Å²) >= 11 is 0. The van der Waals surface area contributed by atoms with Crippen molar-refractivity contribution in [1.29, 1.82) is 0 Å². The first-order valence-corrected chi connectivity index (χ1v) is 14.0. The van der Waals surface area contributed by atoms with Crippen molar-refractivity contribution in [2.45, 2.75) is 97.0 Å². The summed E-state index contributed by atoms with van der Waals surface area (Å²) in [5.41, 5.74) is 1.02. The third-order valence-corrected chi connectivity index (χ3v) is 8.71. The van der Waals surface area contributed by atoms with Crippen LogP contribution in [0.4, 0.5) is 16.2 Å². The summed E-state index contributed by atoms with van der Waals surface area (Å²) in [6.45, 7) is 18.3. The van der Waals surface area contributed by atoms with Gasteiger partial charge in [0, 0.05) is 12.2 Å². The molecule has 0 bridgehead atoms. The lowest BCUT2D eigenvalue weighted by molar-refractivity contribution is -0.123. The van der Waals surface area contributed by atoms with E-state index in [2.05, 4.69) is 13.8 Å². The number of para-hydroxylation sites is 1. The summed E-state index contributed by atoms with van der Waals surface area (Å²) in [4.78, 5) is 31.6. The van der Waals surface area contributed by atoms with Crippen LogP contribution in [0.2, 0.25) is 0 Å². The van der Waals surface area contributed by atoms with Crippen LogP contribution < -0.4 is 10.4 Å². The zero-order valence-electron chi connectivity index (χ0n) is 24.7. The van der Waals surface area contributed by atoms with E-state index < -0.39 is 29.3 Å². The van der Waals surface area contributed by atoms with E-state index in [1.807, 2.05) is 102 Å². The highest BCUT2D eigenvalue weighted by atomic mass is 16.7. The van der Waals surface area contributed by atoms with Crippen LogP contribution >= 0.6 is 0 Å². The topological polar surface area (TPSA) is 68.3 Å². The summed E-state index contributed by atoms with van der Waals surface area (Å²) in [5, 5.41) is 0. The largest absolute Gasteiger partial charge is 0.494 e. The first kappa shape index (κ1) is 27.7. The molecule has 0 aromatic heterocycles. The van der Waals surface area contributed by atoms with E-state index in [1.54, 1.807) is 4.90 Å². The number of nitrogens with zero attached hydrogens (tertiary/aromatic N) is 2. The Hall–Kier alpha value is -2.84. The van der Waals surface area contributed by atoms with Gasteiger partial charge in [0.1, 0.15) is 5.60 Å². The highest BCUT2D eigenvalue weighted by molar-refractivity contribution is 6.62. The monoisotopic (exact) mass is 532 g/mol. The minimum atomic E-state index is -0.859. The lowest BCUT2D eigenvalue weighted by Crippen LogP contribution is -2.53. The van der Waals surface area contributed by atoms with Gasteiger partial charge in [-0.15, -0.1) is 0 Å². The van der Waals surface area contributed by atoms with Crippen LogP contribution in [0.5, 0.6) is 0 Å². The van der Waals surface area contributed by atoms with Crippen molar-refractivity contribution in [3.63, 3.8) is 0 Å². The molecule has 0 unspecified atom stereocenters. The van der Waals surface area contributed by atoms with E-state index in [-0.39, 0.29) is 24.0 Å². The van der Waals surface area contributed by atoms with E-state index in [0.29, 0.717) is 13.0 Å². The molecule has 2 aromatic rings. The van der Waals surface area contributed by atoms with Crippen LogP contribution in [-0.4, -0.2) is 53.4 Å². The van der Waals surface area contributed by atoms with Crippen LogP contribution in [0.3, 0.4) is 0 Å². The quantitative estimate of drug-likeness (QED) is 0.484. The molecule has 3 aliphatic heterocycles. The number of rotatable bonds is 3. The van der Waals surface area contributed by atoms with Gasteiger partial charge in [0.25, 0.3) is 0 Å². The molecular weight excluding hydrogens is 491 g/mol. The van der Waals surface area contributed by atoms with Gasteiger partial charge in [-0.05, 0) is 90.0 Å². The normalized spacial score (nSPS) is 25.6. The number of carbonyl (C=O) groups is 2. The second-order valence-corrected chi connectivity index (χ2v) is 13.4. The minimum absolute atomic E-state index is 0.0143. The minimum Gasteiger partial charge on any atom is -0.444 e. The molecule has 0 saturated carbocycles. The SMILES string of the molecule is CC(C)[C@@H]1N(C(=O)OC(C)(C)C)CC[C@@]12C(=O)N(c1cccc(B3OC(C)(C)C(C)(C)O3)c1)c1ccccc12. The van der Waals surface area contributed by atoms with Gasteiger partial charge in [0.05, 0.1) is 28.3 Å². The molecule has 0 N–H and O–H groups in total. The number of ether oxygens (including phenoxy) is 1. The lowest BCUT2D eigenvalue weighted by Gasteiger charge is -2.37. The van der Waals surface area contributed by atoms with Gasteiger partial charge in [-0.2, -0.15) is 0 Å². The Kier molecular flexibility index (Phi) is 6.47. The Morgan fingerprint density at radius 2 is 1.67 bits per heavy atom. The maximum atomic E-state index is 14.7. The maximum Gasteiger partial charge on any atom is 0.494 e. The van der Waals surface area contributed by atoms with Crippen molar-refractivity contribution >= 4 is 36.0 Å². The van der Waals surface area contributed by atoms with Crippen molar-refractivity contribution in [2.75, 3.05) is 11.4 Å². The molecule has 0 aliphatic carbocycles. The Morgan fingerprint density at radius 1 is 1.03 bits per heavy atom. The van der Waals surface area contributed by atoms with Gasteiger partial charge in [-0.1, -0.05) is 44.2 Å². The fraction of sp³-hybridized carbons (Fsp3) is 0.548. The fourth-order valence-corrected chi connectivity index (χ4v) is 6.35. The van der Waals surface area contributed by atoms with Gasteiger partial charge in [-0.3, -0.25) is 9.69 Å². The predicted molar refractivity (Wildman–Crippen MR) is 154 cm³/mol. The molecular formula is C31H41BN2O5. The smallest absolute Gasteiger partial charge is 0.444 e. The standard InChI is InChI=1S/C31H41BN2O5/c1-20(2)25-31(17-18-33(25)27(36)37-28(3,4)5)23-15-10-11-16-24(23)34(26(31)35)22-14-12-13-21(19-22)32-38-29(6,7)30(8,9)39-32/h10-16,19-20,25H,17-18H2,1-9H3/t25-,31-/m0/s1. The average molecular weight is 532 g/mol. The Bertz CT molecular complexity index is 1280. The molecule has 208 valence electrons. The number of hydrogen-bond donors (Lipinski definition) is 0. The van der Waals surface area contributed by atoms with Crippen molar-refractivity contribution in [1.82, 2.24) is 4.90 Å². The third-order valence-electron chi connectivity index (χ3n) is 8.71.